The van der Waals surface area contributed by atoms with Gasteiger partial charge in [-0.25, -0.2) is 4.99 Å². The fourth-order valence-electron chi connectivity index (χ4n) is 2.26. The van der Waals surface area contributed by atoms with E-state index in [0.29, 0.717) is 0 Å². The molecule has 1 N–H and O–H groups in total. The van der Waals surface area contributed by atoms with Crippen molar-refractivity contribution in [2.45, 2.75) is 6.04 Å². The molecule has 1 aliphatic heterocycles. The predicted molar refractivity (Wildman–Crippen MR) is 78.1 cm³/mol. The third-order valence-electron chi connectivity index (χ3n) is 3.24. The van der Waals surface area contributed by atoms with Crippen LogP contribution in [0.25, 0.3) is 0 Å². The van der Waals surface area contributed by atoms with Gasteiger partial charge < -0.3 is 0 Å². The van der Waals surface area contributed by atoms with Crippen molar-refractivity contribution in [3.8, 4) is 0 Å². The van der Waals surface area contributed by atoms with E-state index in [1.807, 2.05) is 60.7 Å². The molecule has 4 nitrogen and oxygen atoms in total. The molecule has 0 fully saturated rings. The second-order valence-corrected chi connectivity index (χ2v) is 4.67. The Labute approximate surface area is 117 Å². The number of benzene rings is 2. The average Bonchev–Trinajstić information content (AvgIpc) is 2.49. The number of hydrogen-bond donors (Lipinski definition) is 1. The molecule has 100 valence electrons. The number of nitrogens with zero attached hydrogens (tertiary/aromatic N) is 2. The molecule has 20 heavy (non-hydrogen) atoms. The van der Waals surface area contributed by atoms with Crippen molar-refractivity contribution in [1.29, 1.82) is 0 Å². The summed E-state index contributed by atoms with van der Waals surface area (Å²) in [7, 11) is 1.80. The second-order valence-electron chi connectivity index (χ2n) is 4.67. The maximum Gasteiger partial charge on any atom is 0.267 e. The van der Waals surface area contributed by atoms with Crippen molar-refractivity contribution in [3.63, 3.8) is 0 Å². The molecule has 1 atom stereocenters. The quantitative estimate of drug-likeness (QED) is 0.904. The molecule has 1 unspecified atom stereocenters. The van der Waals surface area contributed by atoms with Gasteiger partial charge in [0, 0.05) is 12.6 Å². The van der Waals surface area contributed by atoms with E-state index in [-0.39, 0.29) is 5.91 Å². The largest absolute Gasteiger partial charge is 0.271 e. The van der Waals surface area contributed by atoms with E-state index in [0.717, 1.165) is 17.0 Å². The van der Waals surface area contributed by atoms with Crippen LogP contribution in [0.2, 0.25) is 0 Å². The zero-order chi connectivity index (χ0) is 13.9. The maximum atomic E-state index is 12.1. The minimum absolute atomic E-state index is 0.113. The lowest BCUT2D eigenvalue weighted by Crippen LogP contribution is -2.49. The van der Waals surface area contributed by atoms with Crippen molar-refractivity contribution in [1.82, 2.24) is 10.4 Å². The van der Waals surface area contributed by atoms with Crippen LogP contribution in [0.3, 0.4) is 0 Å². The molecule has 0 saturated heterocycles. The van der Waals surface area contributed by atoms with E-state index in [1.165, 1.54) is 0 Å². The smallest absolute Gasteiger partial charge is 0.267 e. The van der Waals surface area contributed by atoms with Gasteiger partial charge in [-0.15, -0.1) is 0 Å². The molecule has 0 aliphatic carbocycles. The summed E-state index contributed by atoms with van der Waals surface area (Å²) in [5.74, 6) is 0.650. The maximum absolute atomic E-state index is 12.1. The third kappa shape index (κ3) is 2.28. The molecule has 2 aromatic carbocycles. The molecule has 2 aromatic rings. The van der Waals surface area contributed by atoms with Crippen LogP contribution in [-0.4, -0.2) is 23.8 Å². The van der Waals surface area contributed by atoms with Crippen molar-refractivity contribution < 1.29 is 4.79 Å². The first-order valence-corrected chi connectivity index (χ1v) is 6.48. The van der Waals surface area contributed by atoms with E-state index in [2.05, 4.69) is 10.4 Å². The highest BCUT2D eigenvalue weighted by Gasteiger charge is 2.28. The summed E-state index contributed by atoms with van der Waals surface area (Å²) >= 11 is 0. The van der Waals surface area contributed by atoms with E-state index in [1.54, 1.807) is 12.1 Å². The minimum Gasteiger partial charge on any atom is -0.271 e. The van der Waals surface area contributed by atoms with Gasteiger partial charge in [0.1, 0.15) is 0 Å². The lowest BCUT2D eigenvalue weighted by molar-refractivity contribution is -0.126. The van der Waals surface area contributed by atoms with Crippen LogP contribution in [0, 0.1) is 0 Å². The van der Waals surface area contributed by atoms with E-state index >= 15 is 0 Å². The Morgan fingerprint density at radius 1 is 1.00 bits per heavy atom. The van der Waals surface area contributed by atoms with Crippen LogP contribution in [-0.2, 0) is 4.79 Å². The molecule has 0 spiro atoms. The molecule has 1 amide bonds. The first kappa shape index (κ1) is 12.4. The molecule has 1 heterocycles. The number of carbonyl (C=O) groups excluding carboxylic acids is 1. The SMILES string of the molecule is CN1NC(=O)C(c2ccccc2)N=C1c1ccccc1. The van der Waals surface area contributed by atoms with Crippen LogP contribution in [0.1, 0.15) is 17.2 Å². The average molecular weight is 265 g/mol. The van der Waals surface area contributed by atoms with Crippen LogP contribution in [0.15, 0.2) is 65.7 Å². The highest BCUT2D eigenvalue weighted by atomic mass is 16.2. The number of carbonyl (C=O) groups is 1. The standard InChI is InChI=1S/C16H15N3O/c1-19-15(13-10-6-3-7-11-13)17-14(16(20)18-19)12-8-4-2-5-9-12/h2-11,14H,1H3,(H,18,20). The zero-order valence-electron chi connectivity index (χ0n) is 11.2. The first-order chi connectivity index (χ1) is 9.75. The molecule has 0 saturated carbocycles. The van der Waals surface area contributed by atoms with Gasteiger partial charge in [0.05, 0.1) is 0 Å². The summed E-state index contributed by atoms with van der Waals surface area (Å²) in [5, 5.41) is 1.66. The Balaban J connectivity index is 2.03. The highest BCUT2D eigenvalue weighted by molar-refractivity contribution is 6.03. The monoisotopic (exact) mass is 265 g/mol. The summed E-state index contributed by atoms with van der Waals surface area (Å²) in [6.45, 7) is 0. The third-order valence-corrected chi connectivity index (χ3v) is 3.24. The highest BCUT2D eigenvalue weighted by Crippen LogP contribution is 2.22. The van der Waals surface area contributed by atoms with E-state index < -0.39 is 6.04 Å². The summed E-state index contributed by atoms with van der Waals surface area (Å²) in [4.78, 5) is 16.7. The number of nitrogens with one attached hydrogen (secondary N) is 1. The molecule has 1 aliphatic rings. The fourth-order valence-corrected chi connectivity index (χ4v) is 2.26. The molecule has 0 aromatic heterocycles. The summed E-state index contributed by atoms with van der Waals surface area (Å²) in [6, 6.07) is 18.9. The summed E-state index contributed by atoms with van der Waals surface area (Å²) < 4.78 is 0. The van der Waals surface area contributed by atoms with Gasteiger partial charge in [-0.05, 0) is 5.56 Å². The number of aliphatic imine (C=N–C) groups is 1. The van der Waals surface area contributed by atoms with Crippen molar-refractivity contribution >= 4 is 11.7 Å². The summed E-state index contributed by atoms with van der Waals surface area (Å²) in [6.07, 6.45) is 0. The van der Waals surface area contributed by atoms with E-state index in [4.69, 9.17) is 0 Å². The van der Waals surface area contributed by atoms with Gasteiger partial charge in [0.25, 0.3) is 5.91 Å². The van der Waals surface area contributed by atoms with Gasteiger partial charge in [-0.2, -0.15) is 0 Å². The molecule has 3 rings (SSSR count). The second kappa shape index (κ2) is 5.17. The van der Waals surface area contributed by atoms with Crippen molar-refractivity contribution in [2.75, 3.05) is 7.05 Å². The lowest BCUT2D eigenvalue weighted by atomic mass is 10.1. The Bertz CT molecular complexity index is 637. The predicted octanol–water partition coefficient (Wildman–Crippen LogP) is 2.15. The fraction of sp³-hybridized carbons (Fsp3) is 0.125. The van der Waals surface area contributed by atoms with Crippen LogP contribution in [0.5, 0.6) is 0 Å². The van der Waals surface area contributed by atoms with Crippen LogP contribution < -0.4 is 5.43 Å². The molecular formula is C16H15N3O. The Morgan fingerprint density at radius 3 is 2.25 bits per heavy atom. The van der Waals surface area contributed by atoms with Gasteiger partial charge >= 0.3 is 0 Å². The molecule has 0 radical (unpaired) electrons. The Kier molecular flexibility index (Phi) is 3.21. The minimum atomic E-state index is -0.498. The molecular weight excluding hydrogens is 250 g/mol. The van der Waals surface area contributed by atoms with Crippen LogP contribution >= 0.6 is 0 Å². The first-order valence-electron chi connectivity index (χ1n) is 6.48. The molecule has 0 bridgehead atoms. The topological polar surface area (TPSA) is 44.7 Å². The summed E-state index contributed by atoms with van der Waals surface area (Å²) in [5.41, 5.74) is 4.72. The van der Waals surface area contributed by atoms with Crippen LogP contribution in [0.4, 0.5) is 0 Å². The number of amidine groups is 1. The zero-order valence-corrected chi connectivity index (χ0v) is 11.2. The normalized spacial score (nSPS) is 18.4. The van der Waals surface area contributed by atoms with Gasteiger partial charge in [0.2, 0.25) is 0 Å². The Hall–Kier alpha value is -2.62. The Morgan fingerprint density at radius 2 is 1.60 bits per heavy atom. The number of amides is 1. The lowest BCUT2D eigenvalue weighted by Gasteiger charge is -2.30. The number of hydrogen-bond acceptors (Lipinski definition) is 3. The van der Waals surface area contributed by atoms with Gasteiger partial charge in [-0.3, -0.25) is 15.2 Å². The van der Waals surface area contributed by atoms with Crippen molar-refractivity contribution in [3.05, 3.63) is 71.8 Å². The molecule has 4 heteroatoms. The van der Waals surface area contributed by atoms with Crippen molar-refractivity contribution in [2.24, 2.45) is 4.99 Å². The van der Waals surface area contributed by atoms with Gasteiger partial charge in [0.15, 0.2) is 11.9 Å². The van der Waals surface area contributed by atoms with Gasteiger partial charge in [-0.1, -0.05) is 60.7 Å². The number of rotatable bonds is 2. The number of hydrazine groups is 1. The van der Waals surface area contributed by atoms with E-state index in [9.17, 15) is 4.79 Å².